The molecule has 0 amide bonds. The fraction of sp³-hybridized carbons (Fsp3) is 0.500. The van der Waals surface area contributed by atoms with E-state index in [0.717, 1.165) is 11.8 Å². The Morgan fingerprint density at radius 1 is 1.26 bits per heavy atom. The zero-order valence-corrected chi connectivity index (χ0v) is 11.7. The average molecular weight is 261 g/mol. The van der Waals surface area contributed by atoms with E-state index in [2.05, 4.69) is 0 Å². The quantitative estimate of drug-likeness (QED) is 0.731. The summed E-state index contributed by atoms with van der Waals surface area (Å²) < 4.78 is 0. The highest BCUT2D eigenvalue weighted by atomic mass is 16.1. The molecule has 0 bridgehead atoms. The average Bonchev–Trinajstić information content (AvgIpc) is 2.38. The molecule has 2 unspecified atom stereocenters. The van der Waals surface area contributed by atoms with Crippen LogP contribution in [0.3, 0.4) is 0 Å². The van der Waals surface area contributed by atoms with E-state index in [9.17, 15) is 9.59 Å². The largest absolute Gasteiger partial charge is 0.322 e. The van der Waals surface area contributed by atoms with Gasteiger partial charge in [0.15, 0.2) is 0 Å². The second kappa shape index (κ2) is 7.85. The van der Waals surface area contributed by atoms with Gasteiger partial charge in [0, 0.05) is 12.3 Å². The van der Waals surface area contributed by atoms with E-state index in [1.54, 1.807) is 0 Å². The van der Waals surface area contributed by atoms with Gasteiger partial charge in [-0.05, 0) is 24.3 Å². The molecule has 1 aromatic rings. The first-order valence-corrected chi connectivity index (χ1v) is 6.80. The fourth-order valence-corrected chi connectivity index (χ4v) is 2.13. The van der Waals surface area contributed by atoms with Crippen molar-refractivity contribution in [3.05, 3.63) is 35.9 Å². The van der Waals surface area contributed by atoms with E-state index in [-0.39, 0.29) is 18.1 Å². The summed E-state index contributed by atoms with van der Waals surface area (Å²) in [4.78, 5) is 23.1. The summed E-state index contributed by atoms with van der Waals surface area (Å²) in [5.74, 6) is 0.109. The molecule has 0 saturated heterocycles. The van der Waals surface area contributed by atoms with Crippen molar-refractivity contribution in [2.24, 2.45) is 17.6 Å². The van der Waals surface area contributed by atoms with Gasteiger partial charge in [0.2, 0.25) is 0 Å². The van der Waals surface area contributed by atoms with Gasteiger partial charge >= 0.3 is 0 Å². The van der Waals surface area contributed by atoms with Crippen LogP contribution in [0.2, 0.25) is 0 Å². The van der Waals surface area contributed by atoms with E-state index < -0.39 is 6.04 Å². The van der Waals surface area contributed by atoms with Crippen LogP contribution in [-0.4, -0.2) is 18.1 Å². The van der Waals surface area contributed by atoms with Gasteiger partial charge in [-0.2, -0.15) is 0 Å². The molecule has 0 aromatic heterocycles. The fourth-order valence-electron chi connectivity index (χ4n) is 2.13. The Hall–Kier alpha value is -1.48. The van der Waals surface area contributed by atoms with Crippen molar-refractivity contribution in [3.8, 4) is 0 Å². The molecule has 0 aliphatic carbocycles. The molecule has 0 radical (unpaired) electrons. The highest BCUT2D eigenvalue weighted by Crippen LogP contribution is 2.13. The van der Waals surface area contributed by atoms with Gasteiger partial charge in [0.25, 0.3) is 0 Å². The first-order chi connectivity index (χ1) is 9.02. The van der Waals surface area contributed by atoms with E-state index >= 15 is 0 Å². The molecule has 0 heterocycles. The van der Waals surface area contributed by atoms with Crippen molar-refractivity contribution in [2.75, 3.05) is 0 Å². The summed E-state index contributed by atoms with van der Waals surface area (Å²) >= 11 is 0. The topological polar surface area (TPSA) is 60.2 Å². The number of carbonyl (C=O) groups excluding carboxylic acids is 2. The molecule has 2 N–H and O–H groups in total. The van der Waals surface area contributed by atoms with Crippen LogP contribution in [0.4, 0.5) is 0 Å². The van der Waals surface area contributed by atoms with Gasteiger partial charge in [-0.1, -0.05) is 44.2 Å². The number of benzene rings is 1. The van der Waals surface area contributed by atoms with Crippen LogP contribution in [0, 0.1) is 11.8 Å². The van der Waals surface area contributed by atoms with Crippen LogP contribution >= 0.6 is 0 Å². The molecule has 2 atom stereocenters. The molecule has 0 aliphatic heterocycles. The number of hydrogen-bond acceptors (Lipinski definition) is 3. The number of Topliss-reactive ketones (excluding diaryl/α,β-unsaturated/α-hetero) is 1. The second-order valence-corrected chi connectivity index (χ2v) is 5.49. The molecule has 0 fully saturated rings. The predicted octanol–water partition coefficient (Wildman–Crippen LogP) is 2.38. The van der Waals surface area contributed by atoms with Crippen molar-refractivity contribution < 1.29 is 9.59 Å². The highest BCUT2D eigenvalue weighted by Gasteiger charge is 2.20. The Bertz CT molecular complexity index is 400. The van der Waals surface area contributed by atoms with Crippen molar-refractivity contribution >= 4 is 12.1 Å². The molecule has 3 heteroatoms. The van der Waals surface area contributed by atoms with Crippen molar-refractivity contribution in [2.45, 2.75) is 39.2 Å². The number of ketones is 1. The summed E-state index contributed by atoms with van der Waals surface area (Å²) in [7, 11) is 0. The third-order valence-electron chi connectivity index (χ3n) is 3.14. The van der Waals surface area contributed by atoms with Crippen molar-refractivity contribution in [1.29, 1.82) is 0 Å². The van der Waals surface area contributed by atoms with Gasteiger partial charge in [0.05, 0.1) is 6.04 Å². The SMILES string of the molecule is CC(C)CC(N)C(=O)CC(C=O)Cc1ccccc1. The van der Waals surface area contributed by atoms with Gasteiger partial charge in [0.1, 0.15) is 12.1 Å². The zero-order chi connectivity index (χ0) is 14.3. The third kappa shape index (κ3) is 5.79. The number of nitrogens with two attached hydrogens (primary N) is 1. The first-order valence-electron chi connectivity index (χ1n) is 6.80. The Kier molecular flexibility index (Phi) is 6.43. The van der Waals surface area contributed by atoms with E-state index in [4.69, 9.17) is 5.73 Å². The Labute approximate surface area is 115 Å². The highest BCUT2D eigenvalue weighted by molar-refractivity contribution is 5.85. The molecule has 3 nitrogen and oxygen atoms in total. The van der Waals surface area contributed by atoms with Crippen LogP contribution < -0.4 is 5.73 Å². The Balaban J connectivity index is 2.52. The minimum atomic E-state index is -0.446. The van der Waals surface area contributed by atoms with Gasteiger partial charge in [-0.25, -0.2) is 0 Å². The summed E-state index contributed by atoms with van der Waals surface area (Å²) in [6.07, 6.45) is 2.39. The van der Waals surface area contributed by atoms with E-state index in [1.165, 1.54) is 0 Å². The second-order valence-electron chi connectivity index (χ2n) is 5.49. The predicted molar refractivity (Wildman–Crippen MR) is 76.8 cm³/mol. The standard InChI is InChI=1S/C16H23NO2/c1-12(2)8-15(17)16(19)10-14(11-18)9-13-6-4-3-5-7-13/h3-7,11-12,14-15H,8-10,17H2,1-2H3. The van der Waals surface area contributed by atoms with Gasteiger partial charge < -0.3 is 10.5 Å². The van der Waals surface area contributed by atoms with Crippen LogP contribution in [-0.2, 0) is 16.0 Å². The third-order valence-corrected chi connectivity index (χ3v) is 3.14. The maximum Gasteiger partial charge on any atom is 0.150 e. The number of aldehydes is 1. The number of hydrogen-bond donors (Lipinski definition) is 1. The molecule has 0 aliphatic rings. The molecule has 1 aromatic carbocycles. The molecular formula is C16H23NO2. The molecule has 0 saturated carbocycles. The molecule has 104 valence electrons. The minimum absolute atomic E-state index is 0.0123. The van der Waals surface area contributed by atoms with Crippen LogP contribution in [0.5, 0.6) is 0 Å². The maximum absolute atomic E-state index is 12.0. The minimum Gasteiger partial charge on any atom is -0.322 e. The molecule has 0 spiro atoms. The lowest BCUT2D eigenvalue weighted by Gasteiger charge is -2.15. The van der Waals surface area contributed by atoms with Crippen molar-refractivity contribution in [1.82, 2.24) is 0 Å². The normalized spacial score (nSPS) is 14.1. The number of carbonyl (C=O) groups is 2. The maximum atomic E-state index is 12.0. The molecule has 1 rings (SSSR count). The Morgan fingerprint density at radius 3 is 2.42 bits per heavy atom. The van der Waals surface area contributed by atoms with Crippen LogP contribution in [0.1, 0.15) is 32.3 Å². The van der Waals surface area contributed by atoms with E-state index in [0.29, 0.717) is 18.8 Å². The first kappa shape index (κ1) is 15.6. The summed E-state index contributed by atoms with van der Waals surface area (Å²) in [6.45, 7) is 4.07. The Morgan fingerprint density at radius 2 is 1.89 bits per heavy atom. The monoisotopic (exact) mass is 261 g/mol. The lowest BCUT2D eigenvalue weighted by molar-refractivity contribution is -0.124. The summed E-state index contributed by atoms with van der Waals surface area (Å²) in [5, 5.41) is 0. The molecule has 19 heavy (non-hydrogen) atoms. The summed E-state index contributed by atoms with van der Waals surface area (Å²) in [5.41, 5.74) is 6.92. The van der Waals surface area contributed by atoms with E-state index in [1.807, 2.05) is 44.2 Å². The van der Waals surface area contributed by atoms with Gasteiger partial charge in [-0.15, -0.1) is 0 Å². The number of rotatable bonds is 8. The smallest absolute Gasteiger partial charge is 0.150 e. The summed E-state index contributed by atoms with van der Waals surface area (Å²) in [6, 6.07) is 9.29. The lowest BCUT2D eigenvalue weighted by atomic mass is 9.91. The molecular weight excluding hydrogens is 238 g/mol. The zero-order valence-electron chi connectivity index (χ0n) is 11.7. The van der Waals surface area contributed by atoms with Crippen LogP contribution in [0.15, 0.2) is 30.3 Å². The lowest BCUT2D eigenvalue weighted by Crippen LogP contribution is -2.33. The van der Waals surface area contributed by atoms with Gasteiger partial charge in [-0.3, -0.25) is 4.79 Å². The van der Waals surface area contributed by atoms with Crippen LogP contribution in [0.25, 0.3) is 0 Å². The van der Waals surface area contributed by atoms with Crippen molar-refractivity contribution in [3.63, 3.8) is 0 Å².